The lowest BCUT2D eigenvalue weighted by atomic mass is 10.1. The minimum absolute atomic E-state index is 0.284. The number of rotatable bonds is 4. The molecule has 0 saturated carbocycles. The molecule has 6 nitrogen and oxygen atoms in total. The van der Waals surface area contributed by atoms with Crippen molar-refractivity contribution in [3.8, 4) is 0 Å². The Morgan fingerprint density at radius 2 is 2.29 bits per heavy atom. The highest BCUT2D eigenvalue weighted by molar-refractivity contribution is 5.94. The number of hydrogen-bond acceptors (Lipinski definition) is 4. The third-order valence-electron chi connectivity index (χ3n) is 3.33. The maximum absolute atomic E-state index is 12.1. The van der Waals surface area contributed by atoms with Gasteiger partial charge in [0.25, 0.3) is 0 Å². The topological polar surface area (TPSA) is 96.9 Å². The first-order valence-corrected chi connectivity index (χ1v) is 6.68. The van der Waals surface area contributed by atoms with Crippen LogP contribution in [-0.4, -0.2) is 22.1 Å². The molecule has 1 atom stereocenters. The highest BCUT2D eigenvalue weighted by atomic mass is 16.5. The minimum atomic E-state index is -0.652. The molecule has 0 saturated heterocycles. The van der Waals surface area contributed by atoms with E-state index in [0.29, 0.717) is 18.0 Å². The lowest BCUT2D eigenvalue weighted by molar-refractivity contribution is -0.117. The Bertz CT molecular complexity index is 775. The predicted molar refractivity (Wildman–Crippen MR) is 79.8 cm³/mol. The Hall–Kier alpha value is -2.60. The van der Waals surface area contributed by atoms with Crippen molar-refractivity contribution in [3.63, 3.8) is 0 Å². The molecule has 3 aromatic rings. The van der Waals surface area contributed by atoms with Crippen LogP contribution in [0, 0.1) is 6.92 Å². The number of nitrogens with zero attached hydrogens (tertiary/aromatic N) is 1. The molecule has 21 heavy (non-hydrogen) atoms. The average Bonchev–Trinajstić information content (AvgIpc) is 3.06. The van der Waals surface area contributed by atoms with Crippen LogP contribution >= 0.6 is 0 Å². The number of nitrogens with two attached hydrogens (primary N) is 1. The fraction of sp³-hybridized carbons (Fsp3) is 0.200. The van der Waals surface area contributed by atoms with E-state index in [1.807, 2.05) is 30.5 Å². The zero-order valence-electron chi connectivity index (χ0n) is 11.6. The number of aryl methyl sites for hydroxylation is 1. The molecule has 0 spiro atoms. The standard InChI is InChI=1S/C15H16N4O2/c1-9-6-14(19-21-9)18-15(20)12(16)7-10-8-17-13-5-3-2-4-11(10)13/h2-6,8,12,17H,7,16H2,1H3,(H,18,19,20)/t12-/m0/s1. The highest BCUT2D eigenvalue weighted by Crippen LogP contribution is 2.19. The largest absolute Gasteiger partial charge is 0.361 e. The van der Waals surface area contributed by atoms with Crippen LogP contribution in [0.3, 0.4) is 0 Å². The van der Waals surface area contributed by atoms with Crippen LogP contribution in [0.4, 0.5) is 5.82 Å². The molecular formula is C15H16N4O2. The number of aromatic nitrogens is 2. The van der Waals surface area contributed by atoms with Gasteiger partial charge in [-0.05, 0) is 25.0 Å². The van der Waals surface area contributed by atoms with Crippen molar-refractivity contribution in [3.05, 3.63) is 47.9 Å². The van der Waals surface area contributed by atoms with Crippen molar-refractivity contribution >= 4 is 22.6 Å². The third-order valence-corrected chi connectivity index (χ3v) is 3.33. The van der Waals surface area contributed by atoms with E-state index < -0.39 is 6.04 Å². The van der Waals surface area contributed by atoms with Gasteiger partial charge in [0.15, 0.2) is 5.82 Å². The first kappa shape index (κ1) is 13.4. The summed E-state index contributed by atoms with van der Waals surface area (Å²) in [4.78, 5) is 15.2. The van der Waals surface area contributed by atoms with E-state index in [-0.39, 0.29) is 5.91 Å². The van der Waals surface area contributed by atoms with E-state index in [2.05, 4.69) is 15.5 Å². The van der Waals surface area contributed by atoms with Gasteiger partial charge in [0, 0.05) is 23.2 Å². The zero-order chi connectivity index (χ0) is 14.8. The number of hydrogen-bond donors (Lipinski definition) is 3. The molecule has 0 aliphatic carbocycles. The summed E-state index contributed by atoms with van der Waals surface area (Å²) in [7, 11) is 0. The van der Waals surface area contributed by atoms with Gasteiger partial charge in [0.2, 0.25) is 5.91 Å². The van der Waals surface area contributed by atoms with E-state index in [9.17, 15) is 4.79 Å². The van der Waals surface area contributed by atoms with Crippen LogP contribution < -0.4 is 11.1 Å². The Morgan fingerprint density at radius 3 is 3.05 bits per heavy atom. The van der Waals surface area contributed by atoms with E-state index >= 15 is 0 Å². The van der Waals surface area contributed by atoms with Gasteiger partial charge in [-0.25, -0.2) is 0 Å². The summed E-state index contributed by atoms with van der Waals surface area (Å²) >= 11 is 0. The van der Waals surface area contributed by atoms with Crippen LogP contribution in [0.1, 0.15) is 11.3 Å². The molecule has 2 aromatic heterocycles. The Morgan fingerprint density at radius 1 is 1.48 bits per heavy atom. The third kappa shape index (κ3) is 2.80. The lowest BCUT2D eigenvalue weighted by Gasteiger charge is -2.10. The first-order valence-electron chi connectivity index (χ1n) is 6.68. The second-order valence-electron chi connectivity index (χ2n) is 4.98. The summed E-state index contributed by atoms with van der Waals surface area (Å²) < 4.78 is 4.90. The summed E-state index contributed by atoms with van der Waals surface area (Å²) in [5.74, 6) is 0.732. The maximum Gasteiger partial charge on any atom is 0.242 e. The van der Waals surface area contributed by atoms with Crippen molar-refractivity contribution in [2.24, 2.45) is 5.73 Å². The van der Waals surface area contributed by atoms with Gasteiger partial charge in [-0.15, -0.1) is 0 Å². The highest BCUT2D eigenvalue weighted by Gasteiger charge is 2.17. The summed E-state index contributed by atoms with van der Waals surface area (Å²) in [5.41, 5.74) is 8.02. The predicted octanol–water partition coefficient (Wildman–Crippen LogP) is 1.97. The van der Waals surface area contributed by atoms with Crippen molar-refractivity contribution in [1.29, 1.82) is 0 Å². The van der Waals surface area contributed by atoms with Gasteiger partial charge in [-0.1, -0.05) is 23.4 Å². The molecule has 3 rings (SSSR count). The van der Waals surface area contributed by atoms with Crippen LogP contribution in [-0.2, 0) is 11.2 Å². The maximum atomic E-state index is 12.1. The van der Waals surface area contributed by atoms with Gasteiger partial charge in [-0.2, -0.15) is 0 Å². The van der Waals surface area contributed by atoms with Crippen molar-refractivity contribution in [2.45, 2.75) is 19.4 Å². The van der Waals surface area contributed by atoms with E-state index in [1.165, 1.54) is 0 Å². The molecule has 0 radical (unpaired) electrons. The molecule has 0 aliphatic rings. The normalized spacial score (nSPS) is 12.5. The summed E-state index contributed by atoms with van der Waals surface area (Å²) in [6.45, 7) is 1.76. The van der Waals surface area contributed by atoms with Gasteiger partial charge < -0.3 is 20.6 Å². The number of carbonyl (C=O) groups is 1. The van der Waals surface area contributed by atoms with Gasteiger partial charge in [-0.3, -0.25) is 4.79 Å². The molecular weight excluding hydrogens is 268 g/mol. The fourth-order valence-electron chi connectivity index (χ4n) is 2.27. The number of para-hydroxylation sites is 1. The number of H-pyrrole nitrogens is 1. The average molecular weight is 284 g/mol. The van der Waals surface area contributed by atoms with Crippen LogP contribution in [0.25, 0.3) is 10.9 Å². The Labute approximate surface area is 121 Å². The molecule has 0 unspecified atom stereocenters. The van der Waals surface area contributed by atoms with Gasteiger partial charge in [0.1, 0.15) is 5.76 Å². The number of aromatic amines is 1. The summed E-state index contributed by atoms with van der Waals surface area (Å²) in [5, 5.41) is 7.44. The van der Waals surface area contributed by atoms with E-state index in [1.54, 1.807) is 13.0 Å². The van der Waals surface area contributed by atoms with Crippen molar-refractivity contribution in [2.75, 3.05) is 5.32 Å². The summed E-state index contributed by atoms with van der Waals surface area (Å²) in [6.07, 6.45) is 2.34. The quantitative estimate of drug-likeness (QED) is 0.682. The SMILES string of the molecule is Cc1cc(NC(=O)[C@@H](N)Cc2c[nH]c3ccccc23)no1. The minimum Gasteiger partial charge on any atom is -0.361 e. The number of nitrogens with one attached hydrogen (secondary N) is 2. The second kappa shape index (κ2) is 5.41. The molecule has 0 fully saturated rings. The molecule has 108 valence electrons. The van der Waals surface area contributed by atoms with E-state index in [0.717, 1.165) is 16.5 Å². The fourth-order valence-corrected chi connectivity index (χ4v) is 2.27. The van der Waals surface area contributed by atoms with Gasteiger partial charge in [0.05, 0.1) is 6.04 Å². The monoisotopic (exact) mass is 284 g/mol. The first-order chi connectivity index (χ1) is 10.1. The number of amides is 1. The molecule has 1 amide bonds. The van der Waals surface area contributed by atoms with Gasteiger partial charge >= 0.3 is 0 Å². The second-order valence-corrected chi connectivity index (χ2v) is 4.98. The number of fused-ring (bicyclic) bond motifs is 1. The number of benzene rings is 1. The van der Waals surface area contributed by atoms with Crippen molar-refractivity contribution < 1.29 is 9.32 Å². The molecule has 2 heterocycles. The summed E-state index contributed by atoms with van der Waals surface area (Å²) in [6, 6.07) is 8.92. The van der Waals surface area contributed by atoms with Crippen LogP contribution in [0.2, 0.25) is 0 Å². The molecule has 4 N–H and O–H groups in total. The molecule has 0 bridgehead atoms. The van der Waals surface area contributed by atoms with E-state index in [4.69, 9.17) is 10.3 Å². The smallest absolute Gasteiger partial charge is 0.242 e. The lowest BCUT2D eigenvalue weighted by Crippen LogP contribution is -2.37. The number of anilines is 1. The Kier molecular flexibility index (Phi) is 3.45. The van der Waals surface area contributed by atoms with Crippen LogP contribution in [0.15, 0.2) is 41.1 Å². The number of carbonyl (C=O) groups excluding carboxylic acids is 1. The molecule has 1 aromatic carbocycles. The molecule has 6 heteroatoms. The van der Waals surface area contributed by atoms with Crippen LogP contribution in [0.5, 0.6) is 0 Å². The zero-order valence-corrected chi connectivity index (χ0v) is 11.6. The van der Waals surface area contributed by atoms with Crippen molar-refractivity contribution in [1.82, 2.24) is 10.1 Å². The molecule has 0 aliphatic heterocycles. The Balaban J connectivity index is 1.70.